The van der Waals surface area contributed by atoms with Gasteiger partial charge in [0.15, 0.2) is 0 Å². The Balaban J connectivity index is 0.000000496. The van der Waals surface area contributed by atoms with Gasteiger partial charge < -0.3 is 4.74 Å². The van der Waals surface area contributed by atoms with Gasteiger partial charge in [0, 0.05) is 13.7 Å². The number of halogens is 6. The molecule has 0 amide bonds. The van der Waals surface area contributed by atoms with E-state index in [1.54, 1.807) is 7.11 Å². The van der Waals surface area contributed by atoms with Crippen LogP contribution in [0.3, 0.4) is 0 Å². The van der Waals surface area contributed by atoms with Crippen LogP contribution in [0.5, 0.6) is 0 Å². The number of likely N-dealkylation sites (tertiary alicyclic amines) is 1. The molecule has 1 heterocycles. The van der Waals surface area contributed by atoms with Crippen molar-refractivity contribution in [3.05, 3.63) is 0 Å². The molecule has 1 atom stereocenters. The molecule has 0 aromatic carbocycles. The van der Waals surface area contributed by atoms with E-state index in [4.69, 9.17) is 4.74 Å². The Kier molecular flexibility index (Phi) is 7.94. The SMILES string of the molecule is CCN1CCCC1OC.O=S(=O)(NS(=O)(=O)C(F)(F)F)C(F)(F)F. The van der Waals surface area contributed by atoms with Crippen molar-refractivity contribution in [3.63, 3.8) is 0 Å². The van der Waals surface area contributed by atoms with Gasteiger partial charge in [-0.05, 0) is 19.4 Å². The summed E-state index contributed by atoms with van der Waals surface area (Å²) in [6, 6.07) is 0. The number of alkyl halides is 6. The Hall–Kier alpha value is -0.640. The molecule has 1 aliphatic heterocycles. The van der Waals surface area contributed by atoms with E-state index in [0.29, 0.717) is 6.23 Å². The lowest BCUT2D eigenvalue weighted by atomic mass is 10.4. The minimum Gasteiger partial charge on any atom is -0.366 e. The number of sulfonamides is 2. The minimum absolute atomic E-state index is 0.412. The van der Waals surface area contributed by atoms with Gasteiger partial charge in [0.1, 0.15) is 6.23 Å². The zero-order chi connectivity index (χ0) is 19.4. The van der Waals surface area contributed by atoms with E-state index in [0.717, 1.165) is 6.54 Å². The highest BCUT2D eigenvalue weighted by atomic mass is 32.3. The lowest BCUT2D eigenvalue weighted by Gasteiger charge is -2.20. The zero-order valence-electron chi connectivity index (χ0n) is 12.5. The Morgan fingerprint density at radius 2 is 1.46 bits per heavy atom. The average Bonchev–Trinajstić information content (AvgIpc) is 2.82. The van der Waals surface area contributed by atoms with Crippen LogP contribution >= 0.6 is 0 Å². The molecule has 24 heavy (non-hydrogen) atoms. The van der Waals surface area contributed by atoms with Gasteiger partial charge >= 0.3 is 31.1 Å². The van der Waals surface area contributed by atoms with E-state index in [2.05, 4.69) is 11.8 Å². The highest BCUT2D eigenvalue weighted by molar-refractivity contribution is 8.05. The number of rotatable bonds is 4. The molecule has 1 N–H and O–H groups in total. The van der Waals surface area contributed by atoms with Crippen LogP contribution in [0.15, 0.2) is 0 Å². The molecule has 1 rings (SSSR count). The molecule has 0 aromatic rings. The molecule has 146 valence electrons. The summed E-state index contributed by atoms with van der Waals surface area (Å²) in [5, 5.41) is 0. The summed E-state index contributed by atoms with van der Waals surface area (Å²) in [5.41, 5.74) is -12.3. The van der Waals surface area contributed by atoms with E-state index in [1.807, 2.05) is 0 Å². The van der Waals surface area contributed by atoms with Crippen LogP contribution in [-0.2, 0) is 24.8 Å². The van der Waals surface area contributed by atoms with Gasteiger partial charge in [-0.25, -0.2) is 16.8 Å². The molecule has 15 heteroatoms. The highest BCUT2D eigenvalue weighted by Crippen LogP contribution is 2.27. The van der Waals surface area contributed by atoms with Crippen molar-refractivity contribution in [2.45, 2.75) is 37.0 Å². The maximum absolute atomic E-state index is 11.5. The van der Waals surface area contributed by atoms with Gasteiger partial charge in [-0.1, -0.05) is 11.1 Å². The van der Waals surface area contributed by atoms with E-state index >= 15 is 0 Å². The monoisotopic (exact) mass is 410 g/mol. The van der Waals surface area contributed by atoms with Gasteiger partial charge in [0.2, 0.25) is 0 Å². The molecule has 1 saturated heterocycles. The van der Waals surface area contributed by atoms with Crippen molar-refractivity contribution in [2.75, 3.05) is 20.2 Å². The van der Waals surface area contributed by atoms with Crippen LogP contribution in [-0.4, -0.2) is 59.2 Å². The fraction of sp³-hybridized carbons (Fsp3) is 1.00. The van der Waals surface area contributed by atoms with Gasteiger partial charge in [-0.15, -0.1) is 0 Å². The predicted molar refractivity (Wildman–Crippen MR) is 70.4 cm³/mol. The van der Waals surface area contributed by atoms with E-state index in [1.165, 1.54) is 19.4 Å². The first-order chi connectivity index (χ1) is 10.6. The van der Waals surface area contributed by atoms with Gasteiger partial charge in [0.05, 0.1) is 0 Å². The summed E-state index contributed by atoms with van der Waals surface area (Å²) < 4.78 is 114. The molecule has 1 fully saturated rings. The van der Waals surface area contributed by atoms with Crippen molar-refractivity contribution in [3.8, 4) is 0 Å². The lowest BCUT2D eigenvalue weighted by molar-refractivity contribution is -0.0476. The van der Waals surface area contributed by atoms with Crippen molar-refractivity contribution in [2.24, 2.45) is 0 Å². The topological polar surface area (TPSA) is 92.8 Å². The Bertz CT molecular complexity index is 549. The summed E-state index contributed by atoms with van der Waals surface area (Å²) in [6.45, 7) is 4.52. The van der Waals surface area contributed by atoms with E-state index < -0.39 is 35.2 Å². The average molecular weight is 410 g/mol. The fourth-order valence-corrected chi connectivity index (χ4v) is 3.57. The largest absolute Gasteiger partial charge is 0.512 e. The zero-order valence-corrected chi connectivity index (χ0v) is 14.1. The molecule has 7 nitrogen and oxygen atoms in total. The molecule has 0 saturated carbocycles. The summed E-state index contributed by atoms with van der Waals surface area (Å²) in [7, 11) is -11.4. The summed E-state index contributed by atoms with van der Waals surface area (Å²) in [6.07, 6.45) is 2.92. The van der Waals surface area contributed by atoms with Gasteiger partial charge in [-0.2, -0.15) is 26.3 Å². The minimum atomic E-state index is -6.60. The van der Waals surface area contributed by atoms with Gasteiger partial charge in [-0.3, -0.25) is 4.90 Å². The lowest BCUT2D eigenvalue weighted by Crippen LogP contribution is -2.45. The second-order valence-corrected chi connectivity index (χ2v) is 8.05. The third kappa shape index (κ3) is 6.34. The molecule has 0 spiro atoms. The third-order valence-corrected chi connectivity index (χ3v) is 5.78. The predicted octanol–water partition coefficient (Wildman–Crippen LogP) is 1.35. The molecule has 0 aliphatic carbocycles. The Morgan fingerprint density at radius 1 is 1.04 bits per heavy atom. The Morgan fingerprint density at radius 3 is 1.71 bits per heavy atom. The molecular weight excluding hydrogens is 394 g/mol. The maximum atomic E-state index is 11.5. The quantitative estimate of drug-likeness (QED) is 0.704. The molecule has 0 aromatic heterocycles. The molecule has 0 radical (unpaired) electrons. The standard InChI is InChI=1S/C7H15NO.C2HF6NO4S2/c1-3-8-6-4-5-7(8)9-2;3-1(4,5)14(10,11)9-15(12,13)2(6,7)8/h7H,3-6H2,1-2H3;9H. The Labute approximate surface area is 135 Å². The highest BCUT2D eigenvalue weighted by Gasteiger charge is 2.55. The number of methoxy groups -OCH3 is 1. The fourth-order valence-electron chi connectivity index (χ4n) is 1.66. The van der Waals surface area contributed by atoms with E-state index in [9.17, 15) is 43.2 Å². The van der Waals surface area contributed by atoms with Crippen molar-refractivity contribution in [1.29, 1.82) is 0 Å². The van der Waals surface area contributed by atoms with Gasteiger partial charge in [0.25, 0.3) is 0 Å². The second-order valence-electron chi connectivity index (χ2n) is 4.44. The maximum Gasteiger partial charge on any atom is 0.512 e. The number of nitrogens with one attached hydrogen (secondary N) is 1. The van der Waals surface area contributed by atoms with E-state index in [-0.39, 0.29) is 0 Å². The normalized spacial score (nSPS) is 20.6. The summed E-state index contributed by atoms with van der Waals surface area (Å²) in [5.74, 6) is 0. The first-order valence-electron chi connectivity index (χ1n) is 6.27. The number of ether oxygens (including phenoxy) is 1. The smallest absolute Gasteiger partial charge is 0.366 e. The first-order valence-corrected chi connectivity index (χ1v) is 9.23. The number of hydrogen-bond donors (Lipinski definition) is 1. The molecular formula is C9H16F6N2O5S2. The summed E-state index contributed by atoms with van der Waals surface area (Å²) in [4.78, 5) is 2.36. The summed E-state index contributed by atoms with van der Waals surface area (Å²) >= 11 is 0. The molecule has 1 aliphatic rings. The molecule has 0 bridgehead atoms. The van der Waals surface area contributed by atoms with Crippen LogP contribution in [0, 0.1) is 0 Å². The van der Waals surface area contributed by atoms with Crippen molar-refractivity contribution >= 4 is 20.0 Å². The first kappa shape index (κ1) is 23.4. The van der Waals surface area contributed by atoms with Crippen LogP contribution in [0.1, 0.15) is 19.8 Å². The number of hydrogen-bond acceptors (Lipinski definition) is 6. The van der Waals surface area contributed by atoms with Crippen LogP contribution in [0.4, 0.5) is 26.3 Å². The second kappa shape index (κ2) is 8.16. The van der Waals surface area contributed by atoms with Crippen LogP contribution < -0.4 is 4.13 Å². The third-order valence-electron chi connectivity index (χ3n) is 2.81. The van der Waals surface area contributed by atoms with Crippen LogP contribution in [0.25, 0.3) is 0 Å². The van der Waals surface area contributed by atoms with Crippen molar-refractivity contribution < 1.29 is 47.9 Å². The van der Waals surface area contributed by atoms with Crippen molar-refractivity contribution in [1.82, 2.24) is 9.03 Å². The van der Waals surface area contributed by atoms with Crippen LogP contribution in [0.2, 0.25) is 0 Å². The number of nitrogens with zero attached hydrogens (tertiary/aromatic N) is 1. The molecule has 1 unspecified atom stereocenters.